The first-order valence-electron chi connectivity index (χ1n) is 13.9. The molecule has 214 valence electrons. The minimum absolute atomic E-state index is 0.0782. The van der Waals surface area contributed by atoms with Crippen molar-refractivity contribution >= 4 is 33.2 Å². The summed E-state index contributed by atoms with van der Waals surface area (Å²) in [6.45, 7) is 5.17. The van der Waals surface area contributed by atoms with E-state index in [4.69, 9.17) is 5.73 Å². The van der Waals surface area contributed by atoms with Gasteiger partial charge >= 0.3 is 0 Å². The van der Waals surface area contributed by atoms with Gasteiger partial charge in [0.25, 0.3) is 0 Å². The first kappa shape index (κ1) is 28.7. The number of piperidine rings is 1. The lowest BCUT2D eigenvalue weighted by atomic mass is 10.0. The van der Waals surface area contributed by atoms with Crippen molar-refractivity contribution < 1.29 is 8.42 Å². The van der Waals surface area contributed by atoms with Crippen molar-refractivity contribution in [3.63, 3.8) is 0 Å². The normalized spacial score (nSPS) is 14.7. The van der Waals surface area contributed by atoms with Crippen molar-refractivity contribution in [2.45, 2.75) is 37.2 Å². The summed E-state index contributed by atoms with van der Waals surface area (Å²) in [5, 5.41) is 6.43. The van der Waals surface area contributed by atoms with E-state index >= 15 is 0 Å². The summed E-state index contributed by atoms with van der Waals surface area (Å²) in [5.41, 5.74) is 9.94. The van der Waals surface area contributed by atoms with Gasteiger partial charge in [-0.25, -0.2) is 13.4 Å². The number of hydrogen-bond donors (Lipinski definition) is 3. The number of hydrogen-bond acceptors (Lipinski definition) is 8. The zero-order chi connectivity index (χ0) is 28.7. The van der Waals surface area contributed by atoms with Gasteiger partial charge in [-0.1, -0.05) is 48.0 Å². The summed E-state index contributed by atoms with van der Waals surface area (Å²) in [4.78, 5) is 11.5. The molecular formula is C31H37N7O2S. The molecule has 0 bridgehead atoms. The SMILES string of the molecule is Cc1ccc(Nc2ccnc(Nc3ccc(S(=O)(=O)N(CCN)C4CCN(Cc5ccccc5)CC4)cc3)n2)cc1. The number of sulfonamides is 1. The Hall–Kier alpha value is -3.83. The van der Waals surface area contributed by atoms with Gasteiger partial charge in [-0.15, -0.1) is 0 Å². The van der Waals surface area contributed by atoms with Crippen LogP contribution in [-0.4, -0.2) is 59.8 Å². The predicted molar refractivity (Wildman–Crippen MR) is 164 cm³/mol. The largest absolute Gasteiger partial charge is 0.340 e. The van der Waals surface area contributed by atoms with Crippen LogP contribution in [-0.2, 0) is 16.6 Å². The molecular weight excluding hydrogens is 534 g/mol. The Kier molecular flexibility index (Phi) is 9.25. The minimum Gasteiger partial charge on any atom is -0.340 e. The summed E-state index contributed by atoms with van der Waals surface area (Å²) < 4.78 is 29.0. The van der Waals surface area contributed by atoms with Gasteiger partial charge < -0.3 is 16.4 Å². The fourth-order valence-electron chi connectivity index (χ4n) is 5.08. The standard InChI is InChI=1S/C31H37N7O2S/c1-24-7-9-26(10-8-24)34-30-15-19-33-31(36-30)35-27-11-13-29(14-12-27)41(39,40)38(22-18-32)28-16-20-37(21-17-28)23-25-5-3-2-4-6-25/h2-15,19,28H,16-18,20-23,32H2,1H3,(H2,33,34,35,36). The summed E-state index contributed by atoms with van der Waals surface area (Å²) >= 11 is 0. The molecule has 9 nitrogen and oxygen atoms in total. The molecule has 1 aliphatic rings. The number of benzene rings is 3. The number of nitrogens with zero attached hydrogens (tertiary/aromatic N) is 4. The quantitative estimate of drug-likeness (QED) is 0.233. The average Bonchev–Trinajstić information content (AvgIpc) is 2.99. The predicted octanol–water partition coefficient (Wildman–Crippen LogP) is 4.89. The number of nitrogens with two attached hydrogens (primary N) is 1. The van der Waals surface area contributed by atoms with Crippen LogP contribution in [0.4, 0.5) is 23.1 Å². The Morgan fingerprint density at radius 2 is 1.56 bits per heavy atom. The molecule has 1 aromatic heterocycles. The van der Waals surface area contributed by atoms with Crippen LogP contribution in [0.1, 0.15) is 24.0 Å². The van der Waals surface area contributed by atoms with Crippen LogP contribution < -0.4 is 16.4 Å². The lowest BCUT2D eigenvalue weighted by molar-refractivity contribution is 0.154. The van der Waals surface area contributed by atoms with Crippen LogP contribution in [0, 0.1) is 6.92 Å². The molecule has 2 heterocycles. The molecule has 0 amide bonds. The van der Waals surface area contributed by atoms with E-state index in [9.17, 15) is 8.42 Å². The zero-order valence-corrected chi connectivity index (χ0v) is 24.1. The molecule has 4 aromatic rings. The maximum atomic E-state index is 13.7. The fraction of sp³-hybridized carbons (Fsp3) is 0.290. The molecule has 1 saturated heterocycles. The Balaban J connectivity index is 1.22. The third-order valence-corrected chi connectivity index (χ3v) is 9.23. The third kappa shape index (κ3) is 7.47. The topological polar surface area (TPSA) is 116 Å². The molecule has 10 heteroatoms. The second kappa shape index (κ2) is 13.2. The van der Waals surface area contributed by atoms with Crippen LogP contribution in [0.2, 0.25) is 0 Å². The van der Waals surface area contributed by atoms with E-state index in [2.05, 4.69) is 37.6 Å². The lowest BCUT2D eigenvalue weighted by Crippen LogP contribution is -2.48. The molecule has 5 rings (SSSR count). The smallest absolute Gasteiger partial charge is 0.243 e. The van der Waals surface area contributed by atoms with E-state index in [0.29, 0.717) is 24.0 Å². The Bertz CT molecular complexity index is 1510. The first-order valence-corrected chi connectivity index (χ1v) is 15.4. The third-order valence-electron chi connectivity index (χ3n) is 7.26. The van der Waals surface area contributed by atoms with Crippen molar-refractivity contribution in [1.29, 1.82) is 0 Å². The number of aromatic nitrogens is 2. The molecule has 0 saturated carbocycles. The van der Waals surface area contributed by atoms with Crippen molar-refractivity contribution in [1.82, 2.24) is 19.2 Å². The molecule has 0 radical (unpaired) electrons. The summed E-state index contributed by atoms with van der Waals surface area (Å²) in [6, 6.07) is 26.8. The van der Waals surface area contributed by atoms with Crippen molar-refractivity contribution in [2.24, 2.45) is 5.73 Å². The molecule has 41 heavy (non-hydrogen) atoms. The van der Waals surface area contributed by atoms with Gasteiger partial charge in [-0.2, -0.15) is 9.29 Å². The minimum atomic E-state index is -3.71. The van der Waals surface area contributed by atoms with Gasteiger partial charge in [-0.05, 0) is 67.8 Å². The highest BCUT2D eigenvalue weighted by atomic mass is 32.2. The summed E-state index contributed by atoms with van der Waals surface area (Å²) in [6.07, 6.45) is 3.21. The average molecular weight is 572 g/mol. The van der Waals surface area contributed by atoms with E-state index in [-0.39, 0.29) is 17.5 Å². The molecule has 4 N–H and O–H groups in total. The van der Waals surface area contributed by atoms with E-state index in [0.717, 1.165) is 38.2 Å². The maximum Gasteiger partial charge on any atom is 0.243 e. The molecule has 1 aliphatic heterocycles. The molecule has 0 unspecified atom stereocenters. The molecule has 3 aromatic carbocycles. The molecule has 0 atom stereocenters. The zero-order valence-electron chi connectivity index (χ0n) is 23.3. The van der Waals surface area contributed by atoms with Gasteiger partial charge in [0.05, 0.1) is 4.90 Å². The van der Waals surface area contributed by atoms with Crippen LogP contribution in [0.15, 0.2) is 96.0 Å². The number of likely N-dealkylation sites (tertiary alicyclic amines) is 1. The lowest BCUT2D eigenvalue weighted by Gasteiger charge is -2.37. The van der Waals surface area contributed by atoms with Gasteiger partial charge in [-0.3, -0.25) is 4.90 Å². The van der Waals surface area contributed by atoms with Crippen LogP contribution in [0.25, 0.3) is 0 Å². The van der Waals surface area contributed by atoms with Gasteiger partial charge in [0, 0.05) is 56.3 Å². The Morgan fingerprint density at radius 1 is 0.902 bits per heavy atom. The second-order valence-corrected chi connectivity index (χ2v) is 12.2. The van der Waals surface area contributed by atoms with E-state index in [1.54, 1.807) is 40.8 Å². The van der Waals surface area contributed by atoms with E-state index in [1.165, 1.54) is 11.1 Å². The summed E-state index contributed by atoms with van der Waals surface area (Å²) in [5.74, 6) is 1.06. The Morgan fingerprint density at radius 3 is 2.24 bits per heavy atom. The first-order chi connectivity index (χ1) is 19.9. The molecule has 1 fully saturated rings. The van der Waals surface area contributed by atoms with Crippen molar-refractivity contribution in [3.05, 3.63) is 102 Å². The monoisotopic (exact) mass is 571 g/mol. The highest BCUT2D eigenvalue weighted by Crippen LogP contribution is 2.26. The van der Waals surface area contributed by atoms with E-state index in [1.807, 2.05) is 49.4 Å². The highest BCUT2D eigenvalue weighted by Gasteiger charge is 2.33. The Labute approximate surface area is 242 Å². The highest BCUT2D eigenvalue weighted by molar-refractivity contribution is 7.89. The number of aryl methyl sites for hydroxylation is 1. The number of rotatable bonds is 11. The van der Waals surface area contributed by atoms with Crippen molar-refractivity contribution in [3.8, 4) is 0 Å². The second-order valence-electron chi connectivity index (χ2n) is 10.3. The number of nitrogens with one attached hydrogen (secondary N) is 2. The van der Waals surface area contributed by atoms with E-state index < -0.39 is 10.0 Å². The van der Waals surface area contributed by atoms with Crippen LogP contribution in [0.5, 0.6) is 0 Å². The van der Waals surface area contributed by atoms with Crippen LogP contribution >= 0.6 is 0 Å². The fourth-order valence-corrected chi connectivity index (χ4v) is 6.78. The van der Waals surface area contributed by atoms with Crippen molar-refractivity contribution in [2.75, 3.05) is 36.8 Å². The summed E-state index contributed by atoms with van der Waals surface area (Å²) in [7, 11) is -3.71. The van der Waals surface area contributed by atoms with Gasteiger partial charge in [0.15, 0.2) is 0 Å². The van der Waals surface area contributed by atoms with Gasteiger partial charge in [0.2, 0.25) is 16.0 Å². The van der Waals surface area contributed by atoms with Crippen LogP contribution in [0.3, 0.4) is 0 Å². The molecule has 0 spiro atoms. The molecule has 0 aliphatic carbocycles. The van der Waals surface area contributed by atoms with Gasteiger partial charge in [0.1, 0.15) is 5.82 Å². The maximum absolute atomic E-state index is 13.7. The number of anilines is 4.